The molecule has 0 radical (unpaired) electrons. The number of aryl methyl sites for hydroxylation is 1. The normalized spacial score (nSPS) is 21.6. The number of carbonyl (C=O) groups is 2. The first-order chi connectivity index (χ1) is 13.5. The molecule has 0 aliphatic carbocycles. The quantitative estimate of drug-likeness (QED) is 0.593. The van der Waals surface area contributed by atoms with E-state index in [1.807, 2.05) is 0 Å². The Balaban J connectivity index is 0.000000878. The number of piperazine rings is 1. The predicted octanol–water partition coefficient (Wildman–Crippen LogP) is 3.33. The van der Waals surface area contributed by atoms with Crippen molar-refractivity contribution in [3.8, 4) is 0 Å². The van der Waals surface area contributed by atoms with E-state index in [0.717, 1.165) is 58.4 Å². The van der Waals surface area contributed by atoms with E-state index < -0.39 is 0 Å². The van der Waals surface area contributed by atoms with E-state index in [1.54, 1.807) is 0 Å². The third-order valence-electron chi connectivity index (χ3n) is 6.22. The highest BCUT2D eigenvalue weighted by atomic mass is 16.6. The largest absolute Gasteiger partial charge is 0.483 e. The van der Waals surface area contributed by atoms with E-state index in [4.69, 9.17) is 14.6 Å². The Morgan fingerprint density at radius 2 is 1.71 bits per heavy atom. The van der Waals surface area contributed by atoms with Gasteiger partial charge in [0.15, 0.2) is 0 Å². The van der Waals surface area contributed by atoms with Crippen LogP contribution in [0.4, 0.5) is 5.69 Å². The van der Waals surface area contributed by atoms with Crippen LogP contribution in [-0.2, 0) is 14.3 Å². The summed E-state index contributed by atoms with van der Waals surface area (Å²) < 4.78 is 5.68. The smallest absolute Gasteiger partial charge is 0.312 e. The van der Waals surface area contributed by atoms with Gasteiger partial charge in [0.1, 0.15) is 6.10 Å². The van der Waals surface area contributed by atoms with Crippen LogP contribution in [0.1, 0.15) is 45.1 Å². The van der Waals surface area contributed by atoms with Crippen molar-refractivity contribution in [3.63, 3.8) is 0 Å². The zero-order chi connectivity index (χ0) is 20.6. The van der Waals surface area contributed by atoms with Crippen LogP contribution in [0.15, 0.2) is 24.3 Å². The number of cyclic esters (lactones) is 1. The molecule has 1 atom stereocenters. The lowest BCUT2D eigenvalue weighted by molar-refractivity contribution is -0.149. The number of hydrogen-bond donors (Lipinski definition) is 1. The molecule has 1 aromatic carbocycles. The summed E-state index contributed by atoms with van der Waals surface area (Å²) in [5, 5.41) is 6.89. The fourth-order valence-electron chi connectivity index (χ4n) is 4.14. The molecule has 2 aliphatic rings. The molecule has 0 aromatic heterocycles. The van der Waals surface area contributed by atoms with E-state index in [1.165, 1.54) is 11.3 Å². The second-order valence-corrected chi connectivity index (χ2v) is 7.78. The topological polar surface area (TPSA) is 70.1 Å². The first kappa shape index (κ1) is 22.2. The molecule has 2 aliphatic heterocycles. The lowest BCUT2D eigenvalue weighted by Crippen LogP contribution is -2.47. The summed E-state index contributed by atoms with van der Waals surface area (Å²) in [6.45, 7) is 11.4. The van der Waals surface area contributed by atoms with Crippen LogP contribution < -0.4 is 4.90 Å². The van der Waals surface area contributed by atoms with Gasteiger partial charge in [0.05, 0.1) is 5.41 Å². The molecule has 2 heterocycles. The minimum absolute atomic E-state index is 0.0340. The lowest BCUT2D eigenvalue weighted by atomic mass is 9.79. The van der Waals surface area contributed by atoms with Crippen molar-refractivity contribution < 1.29 is 19.4 Å². The van der Waals surface area contributed by atoms with E-state index in [2.05, 4.69) is 54.8 Å². The maximum Gasteiger partial charge on any atom is 0.312 e. The molecule has 0 spiro atoms. The number of carbonyl (C=O) groups excluding carboxylic acids is 1. The number of esters is 1. The van der Waals surface area contributed by atoms with Crippen LogP contribution >= 0.6 is 0 Å². The molecular weight excluding hydrogens is 356 g/mol. The zero-order valence-corrected chi connectivity index (χ0v) is 17.4. The second kappa shape index (κ2) is 10.5. The van der Waals surface area contributed by atoms with Crippen molar-refractivity contribution >= 4 is 18.1 Å². The predicted molar refractivity (Wildman–Crippen MR) is 111 cm³/mol. The van der Waals surface area contributed by atoms with Crippen LogP contribution in [-0.4, -0.2) is 61.3 Å². The zero-order valence-electron chi connectivity index (χ0n) is 17.4. The minimum Gasteiger partial charge on any atom is -0.483 e. The summed E-state index contributed by atoms with van der Waals surface area (Å²) in [5.74, 6) is 0.0340. The molecule has 0 amide bonds. The van der Waals surface area contributed by atoms with Crippen LogP contribution in [0.3, 0.4) is 0 Å². The first-order valence-electron chi connectivity index (χ1n) is 10.3. The maximum absolute atomic E-state index is 12.2. The molecule has 1 unspecified atom stereocenters. The number of rotatable bonds is 6. The van der Waals surface area contributed by atoms with Gasteiger partial charge >= 0.3 is 5.97 Å². The Kier molecular flexibility index (Phi) is 8.30. The van der Waals surface area contributed by atoms with Crippen molar-refractivity contribution in [2.45, 2.75) is 52.6 Å². The fourth-order valence-corrected chi connectivity index (χ4v) is 4.14. The summed E-state index contributed by atoms with van der Waals surface area (Å²) in [6, 6.07) is 8.81. The Morgan fingerprint density at radius 1 is 1.14 bits per heavy atom. The number of hydrogen-bond acceptors (Lipinski definition) is 5. The van der Waals surface area contributed by atoms with Crippen molar-refractivity contribution in [1.29, 1.82) is 0 Å². The van der Waals surface area contributed by atoms with E-state index in [0.29, 0.717) is 0 Å². The molecular formula is C22H34N2O4. The highest BCUT2D eigenvalue weighted by Crippen LogP contribution is 2.41. The van der Waals surface area contributed by atoms with Gasteiger partial charge in [0.25, 0.3) is 6.47 Å². The molecule has 156 valence electrons. The second-order valence-electron chi connectivity index (χ2n) is 7.78. The SMILES string of the molecule is CCC1(CC)CC(CCN2CCN(c3ccc(C)cc3)CC2)OC1=O.O=CO. The molecule has 0 saturated carbocycles. The van der Waals surface area contributed by atoms with Crippen molar-refractivity contribution in [1.82, 2.24) is 4.90 Å². The highest BCUT2D eigenvalue weighted by molar-refractivity contribution is 5.78. The standard InChI is InChI=1S/C21H32N2O2.CH2O2/c1-4-21(5-2)16-19(25-20(21)24)10-11-22-12-14-23(15-13-22)18-8-6-17(3)7-9-18;2-1-3/h6-9,19H,4-5,10-16H2,1-3H3;1H,(H,2,3). The molecule has 0 bridgehead atoms. The van der Waals surface area contributed by atoms with E-state index in [-0.39, 0.29) is 24.0 Å². The number of carboxylic acid groups (broad SMARTS) is 1. The van der Waals surface area contributed by atoms with E-state index >= 15 is 0 Å². The van der Waals surface area contributed by atoms with Gasteiger partial charge in [0.2, 0.25) is 0 Å². The lowest BCUT2D eigenvalue weighted by Gasteiger charge is -2.36. The number of benzene rings is 1. The molecule has 1 aromatic rings. The molecule has 6 heteroatoms. The van der Waals surface area contributed by atoms with Crippen LogP contribution in [0.2, 0.25) is 0 Å². The average molecular weight is 391 g/mol. The number of nitrogens with zero attached hydrogens (tertiary/aromatic N) is 2. The Labute approximate surface area is 168 Å². The van der Waals surface area contributed by atoms with Gasteiger partial charge in [-0.15, -0.1) is 0 Å². The van der Waals surface area contributed by atoms with Gasteiger partial charge in [-0.1, -0.05) is 31.5 Å². The highest BCUT2D eigenvalue weighted by Gasteiger charge is 2.46. The molecule has 1 N–H and O–H groups in total. The van der Waals surface area contributed by atoms with Gasteiger partial charge in [-0.2, -0.15) is 0 Å². The Hall–Kier alpha value is -2.08. The first-order valence-corrected chi connectivity index (χ1v) is 10.3. The Morgan fingerprint density at radius 3 is 2.21 bits per heavy atom. The number of ether oxygens (including phenoxy) is 1. The van der Waals surface area contributed by atoms with Gasteiger partial charge in [-0.3, -0.25) is 14.5 Å². The molecule has 28 heavy (non-hydrogen) atoms. The molecule has 6 nitrogen and oxygen atoms in total. The van der Waals surface area contributed by atoms with E-state index in [9.17, 15) is 4.79 Å². The maximum atomic E-state index is 12.2. The third kappa shape index (κ3) is 5.47. The summed E-state index contributed by atoms with van der Waals surface area (Å²) in [7, 11) is 0. The van der Waals surface area contributed by atoms with Gasteiger partial charge in [-0.05, 0) is 38.3 Å². The average Bonchev–Trinajstić information content (AvgIpc) is 3.04. The van der Waals surface area contributed by atoms with Crippen LogP contribution in [0.5, 0.6) is 0 Å². The monoisotopic (exact) mass is 390 g/mol. The van der Waals surface area contributed by atoms with Crippen molar-refractivity contribution in [2.75, 3.05) is 37.6 Å². The van der Waals surface area contributed by atoms with Gasteiger partial charge < -0.3 is 14.7 Å². The Bertz CT molecular complexity index is 620. The van der Waals surface area contributed by atoms with Crippen molar-refractivity contribution in [2.24, 2.45) is 5.41 Å². The summed E-state index contributed by atoms with van der Waals surface area (Å²) in [5.41, 5.74) is 2.42. The number of anilines is 1. The molecule has 3 rings (SSSR count). The summed E-state index contributed by atoms with van der Waals surface area (Å²) >= 11 is 0. The van der Waals surface area contributed by atoms with Crippen molar-refractivity contribution in [3.05, 3.63) is 29.8 Å². The fraction of sp³-hybridized carbons (Fsp3) is 0.636. The molecule has 2 saturated heterocycles. The molecule has 2 fully saturated rings. The minimum atomic E-state index is -0.250. The van der Waals surface area contributed by atoms with Crippen LogP contribution in [0.25, 0.3) is 0 Å². The van der Waals surface area contributed by atoms with Gasteiger partial charge in [-0.25, -0.2) is 0 Å². The third-order valence-corrected chi connectivity index (χ3v) is 6.22. The van der Waals surface area contributed by atoms with Gasteiger partial charge in [0, 0.05) is 44.8 Å². The summed E-state index contributed by atoms with van der Waals surface area (Å²) in [6.07, 6.45) is 3.78. The van der Waals surface area contributed by atoms with Crippen LogP contribution in [0, 0.1) is 12.3 Å². The summed E-state index contributed by atoms with van der Waals surface area (Å²) in [4.78, 5) is 25.5.